The number of ether oxygens (including phenoxy) is 2. The molecule has 0 aromatic carbocycles. The molecule has 0 spiro atoms. The summed E-state index contributed by atoms with van der Waals surface area (Å²) >= 11 is 0. The first-order valence-electron chi connectivity index (χ1n) is 10.00. The molecule has 0 saturated carbocycles. The first kappa shape index (κ1) is 18.2. The fraction of sp³-hybridized carbons (Fsp3) is 0.650. The molecule has 0 radical (unpaired) electrons. The smallest absolute Gasteiger partial charge is 0.260 e. The molecule has 2 amide bonds. The van der Waals surface area contributed by atoms with E-state index in [1.54, 1.807) is 11.1 Å². The van der Waals surface area contributed by atoms with Crippen LogP contribution in [0, 0.1) is 0 Å². The van der Waals surface area contributed by atoms with Crippen molar-refractivity contribution in [2.45, 2.75) is 44.6 Å². The van der Waals surface area contributed by atoms with Crippen LogP contribution in [0.3, 0.4) is 0 Å². The number of aromatic nitrogens is 1. The highest BCUT2D eigenvalue weighted by atomic mass is 16.5. The number of rotatable bonds is 4. The van der Waals surface area contributed by atoms with E-state index in [-0.39, 0.29) is 24.5 Å². The van der Waals surface area contributed by atoms with Crippen molar-refractivity contribution >= 4 is 11.8 Å². The molecule has 3 heterocycles. The summed E-state index contributed by atoms with van der Waals surface area (Å²) in [5, 5.41) is 0. The Bertz CT molecular complexity index is 694. The Hall–Kier alpha value is -2.15. The quantitative estimate of drug-likeness (QED) is 0.793. The fourth-order valence-electron chi connectivity index (χ4n) is 4.11. The van der Waals surface area contributed by atoms with Crippen LogP contribution in [0.25, 0.3) is 0 Å². The number of piperazine rings is 1. The average Bonchev–Trinajstić information content (AvgIpc) is 3.26. The normalized spacial score (nSPS) is 22.4. The lowest BCUT2D eigenvalue weighted by Gasteiger charge is -2.35. The lowest BCUT2D eigenvalue weighted by molar-refractivity contribution is -0.146. The Morgan fingerprint density at radius 2 is 1.89 bits per heavy atom. The van der Waals surface area contributed by atoms with Gasteiger partial charge in [0, 0.05) is 50.2 Å². The Balaban J connectivity index is 1.27. The standard InChI is InChI=1S/C20H27N3O4/c24-19(14-27-17-7-8-21-16-5-2-1-4-15(16)17)22-9-11-23(12-10-22)20(25)18-6-3-13-26-18/h7-8,18H,1-6,9-14H2. The van der Waals surface area contributed by atoms with E-state index >= 15 is 0 Å². The molecule has 4 rings (SSSR count). The third kappa shape index (κ3) is 4.08. The van der Waals surface area contributed by atoms with Gasteiger partial charge in [0.1, 0.15) is 11.9 Å². The van der Waals surface area contributed by atoms with Gasteiger partial charge in [-0.15, -0.1) is 0 Å². The minimum Gasteiger partial charge on any atom is -0.483 e. The van der Waals surface area contributed by atoms with Crippen molar-refractivity contribution < 1.29 is 19.1 Å². The molecule has 2 aliphatic heterocycles. The van der Waals surface area contributed by atoms with Gasteiger partial charge >= 0.3 is 0 Å². The van der Waals surface area contributed by atoms with E-state index in [4.69, 9.17) is 9.47 Å². The van der Waals surface area contributed by atoms with E-state index in [0.29, 0.717) is 32.8 Å². The monoisotopic (exact) mass is 373 g/mol. The number of nitrogens with zero attached hydrogens (tertiary/aromatic N) is 3. The van der Waals surface area contributed by atoms with Crippen molar-refractivity contribution in [3.05, 3.63) is 23.5 Å². The zero-order valence-electron chi connectivity index (χ0n) is 15.7. The molecule has 2 saturated heterocycles. The highest BCUT2D eigenvalue weighted by Gasteiger charge is 2.31. The van der Waals surface area contributed by atoms with E-state index in [9.17, 15) is 9.59 Å². The molecule has 27 heavy (non-hydrogen) atoms. The Morgan fingerprint density at radius 1 is 1.11 bits per heavy atom. The van der Waals surface area contributed by atoms with Gasteiger partial charge in [-0.25, -0.2) is 0 Å². The first-order chi connectivity index (χ1) is 13.2. The molecule has 0 bridgehead atoms. The molecule has 7 heteroatoms. The number of carbonyl (C=O) groups excluding carboxylic acids is 2. The summed E-state index contributed by atoms with van der Waals surface area (Å²) in [6.07, 6.45) is 7.50. The Labute approximate surface area is 159 Å². The summed E-state index contributed by atoms with van der Waals surface area (Å²) in [6, 6.07) is 1.86. The number of aryl methyl sites for hydroxylation is 1. The molecule has 0 N–H and O–H groups in total. The SMILES string of the molecule is O=C(COc1ccnc2c1CCCC2)N1CCN(C(=O)C2CCCO2)CC1. The number of pyridine rings is 1. The summed E-state index contributed by atoms with van der Waals surface area (Å²) in [5.41, 5.74) is 2.26. The molecule has 3 aliphatic rings. The maximum atomic E-state index is 12.5. The van der Waals surface area contributed by atoms with Gasteiger partial charge in [-0.05, 0) is 44.6 Å². The first-order valence-corrected chi connectivity index (χ1v) is 10.00. The number of amides is 2. The molecular formula is C20H27N3O4. The van der Waals surface area contributed by atoms with Gasteiger partial charge in [-0.1, -0.05) is 0 Å². The van der Waals surface area contributed by atoms with Gasteiger partial charge in [0.15, 0.2) is 6.61 Å². The lowest BCUT2D eigenvalue weighted by atomic mass is 9.95. The maximum Gasteiger partial charge on any atom is 0.260 e. The summed E-state index contributed by atoms with van der Waals surface area (Å²) in [7, 11) is 0. The van der Waals surface area contributed by atoms with Gasteiger partial charge in [-0.3, -0.25) is 14.6 Å². The zero-order valence-corrected chi connectivity index (χ0v) is 15.7. The van der Waals surface area contributed by atoms with Crippen molar-refractivity contribution in [2.24, 2.45) is 0 Å². The predicted molar refractivity (Wildman–Crippen MR) is 98.5 cm³/mol. The van der Waals surface area contributed by atoms with Gasteiger partial charge in [0.25, 0.3) is 11.8 Å². The van der Waals surface area contributed by atoms with E-state index in [1.807, 2.05) is 11.0 Å². The molecule has 1 aliphatic carbocycles. The van der Waals surface area contributed by atoms with E-state index in [2.05, 4.69) is 4.98 Å². The Morgan fingerprint density at radius 3 is 2.67 bits per heavy atom. The summed E-state index contributed by atoms with van der Waals surface area (Å²) in [4.78, 5) is 33.0. The van der Waals surface area contributed by atoms with E-state index in [1.165, 1.54) is 0 Å². The summed E-state index contributed by atoms with van der Waals surface area (Å²) < 4.78 is 11.3. The van der Waals surface area contributed by atoms with E-state index < -0.39 is 0 Å². The topological polar surface area (TPSA) is 72.0 Å². The predicted octanol–water partition coefficient (Wildman–Crippen LogP) is 1.19. The molecular weight excluding hydrogens is 346 g/mol. The fourth-order valence-corrected chi connectivity index (χ4v) is 4.11. The van der Waals surface area contributed by atoms with E-state index in [0.717, 1.165) is 55.5 Å². The van der Waals surface area contributed by atoms with Crippen molar-refractivity contribution in [2.75, 3.05) is 39.4 Å². The van der Waals surface area contributed by atoms with Crippen molar-refractivity contribution in [1.82, 2.24) is 14.8 Å². The second-order valence-electron chi connectivity index (χ2n) is 7.44. The van der Waals surface area contributed by atoms with Crippen LogP contribution in [-0.4, -0.2) is 72.1 Å². The minimum absolute atomic E-state index is 0.0272. The van der Waals surface area contributed by atoms with Gasteiger partial charge in [0.2, 0.25) is 0 Å². The number of carbonyl (C=O) groups is 2. The summed E-state index contributed by atoms with van der Waals surface area (Å²) in [6.45, 7) is 2.94. The highest BCUT2D eigenvalue weighted by molar-refractivity contribution is 5.82. The summed E-state index contributed by atoms with van der Waals surface area (Å²) in [5.74, 6) is 0.833. The zero-order chi connectivity index (χ0) is 18.6. The maximum absolute atomic E-state index is 12.5. The van der Waals surface area contributed by atoms with Crippen molar-refractivity contribution in [3.8, 4) is 5.75 Å². The van der Waals surface area contributed by atoms with Gasteiger partial charge in [-0.2, -0.15) is 0 Å². The van der Waals surface area contributed by atoms with Crippen molar-refractivity contribution in [3.63, 3.8) is 0 Å². The molecule has 1 unspecified atom stereocenters. The minimum atomic E-state index is -0.284. The Kier molecular flexibility index (Phi) is 5.57. The largest absolute Gasteiger partial charge is 0.483 e. The molecule has 7 nitrogen and oxygen atoms in total. The number of hydrogen-bond donors (Lipinski definition) is 0. The number of hydrogen-bond acceptors (Lipinski definition) is 5. The second kappa shape index (κ2) is 8.25. The number of fused-ring (bicyclic) bond motifs is 1. The lowest BCUT2D eigenvalue weighted by Crippen LogP contribution is -2.53. The van der Waals surface area contributed by atoms with Crippen LogP contribution < -0.4 is 4.74 Å². The average molecular weight is 373 g/mol. The molecule has 1 aromatic rings. The van der Waals surface area contributed by atoms with Crippen LogP contribution in [-0.2, 0) is 27.2 Å². The third-order valence-corrected chi connectivity index (χ3v) is 5.69. The second-order valence-corrected chi connectivity index (χ2v) is 7.44. The van der Waals surface area contributed by atoms with Crippen LogP contribution in [0.2, 0.25) is 0 Å². The van der Waals surface area contributed by atoms with Crippen LogP contribution in [0.15, 0.2) is 12.3 Å². The molecule has 1 aromatic heterocycles. The molecule has 2 fully saturated rings. The van der Waals surface area contributed by atoms with Crippen LogP contribution in [0.5, 0.6) is 5.75 Å². The van der Waals surface area contributed by atoms with Gasteiger partial charge in [0.05, 0.1) is 0 Å². The molecule has 146 valence electrons. The van der Waals surface area contributed by atoms with Gasteiger partial charge < -0.3 is 19.3 Å². The van der Waals surface area contributed by atoms with Crippen LogP contribution >= 0.6 is 0 Å². The van der Waals surface area contributed by atoms with Crippen LogP contribution in [0.1, 0.15) is 36.9 Å². The highest BCUT2D eigenvalue weighted by Crippen LogP contribution is 2.28. The molecule has 1 atom stereocenters. The van der Waals surface area contributed by atoms with Crippen molar-refractivity contribution in [1.29, 1.82) is 0 Å². The van der Waals surface area contributed by atoms with Crippen LogP contribution in [0.4, 0.5) is 0 Å². The third-order valence-electron chi connectivity index (χ3n) is 5.69.